The van der Waals surface area contributed by atoms with Gasteiger partial charge in [0.1, 0.15) is 11.6 Å². The molecule has 3 aromatic rings. The lowest BCUT2D eigenvalue weighted by atomic mass is 10.2. The number of halogens is 3. The smallest absolute Gasteiger partial charge is 0.194 e. The molecule has 146 valence electrons. The average Bonchev–Trinajstić information content (AvgIpc) is 3.47. The molecular formula is C21H20F3N3O. The van der Waals surface area contributed by atoms with E-state index in [1.54, 1.807) is 6.92 Å². The lowest BCUT2D eigenvalue weighted by molar-refractivity contribution is 0.578. The van der Waals surface area contributed by atoms with Crippen LogP contribution in [-0.4, -0.2) is 22.6 Å². The molecule has 7 heteroatoms. The van der Waals surface area contributed by atoms with E-state index < -0.39 is 17.5 Å². The Morgan fingerprint density at radius 1 is 1.18 bits per heavy atom. The zero-order valence-electron chi connectivity index (χ0n) is 15.7. The molecule has 0 N–H and O–H groups in total. The fourth-order valence-corrected chi connectivity index (χ4v) is 3.41. The van der Waals surface area contributed by atoms with Crippen LogP contribution in [0.2, 0.25) is 0 Å². The molecule has 4 nitrogen and oxygen atoms in total. The first-order chi connectivity index (χ1) is 13.4. The van der Waals surface area contributed by atoms with Gasteiger partial charge in [-0.3, -0.25) is 9.36 Å². The molecule has 0 spiro atoms. The minimum atomic E-state index is -0.789. The minimum absolute atomic E-state index is 0.0461. The molecule has 0 radical (unpaired) electrons. The van der Waals surface area contributed by atoms with Gasteiger partial charge in [-0.1, -0.05) is 0 Å². The van der Waals surface area contributed by atoms with Crippen molar-refractivity contribution in [2.45, 2.75) is 26.7 Å². The minimum Gasteiger partial charge on any atom is -0.354 e. The van der Waals surface area contributed by atoms with Gasteiger partial charge in [0.25, 0.3) is 0 Å². The molecule has 0 unspecified atom stereocenters. The van der Waals surface area contributed by atoms with Crippen LogP contribution >= 0.6 is 0 Å². The maximum Gasteiger partial charge on any atom is 0.194 e. The second-order valence-corrected chi connectivity index (χ2v) is 7.25. The van der Waals surface area contributed by atoms with Gasteiger partial charge in [-0.25, -0.2) is 18.2 Å². The Morgan fingerprint density at radius 2 is 1.93 bits per heavy atom. The Balaban J connectivity index is 1.97. The van der Waals surface area contributed by atoms with Crippen LogP contribution in [0.5, 0.6) is 0 Å². The van der Waals surface area contributed by atoms with Gasteiger partial charge in [0.2, 0.25) is 0 Å². The zero-order chi connectivity index (χ0) is 20.0. The van der Waals surface area contributed by atoms with Crippen molar-refractivity contribution in [3.8, 4) is 5.69 Å². The van der Waals surface area contributed by atoms with Gasteiger partial charge in [0, 0.05) is 30.9 Å². The number of nitrogens with zero attached hydrogens (tertiary/aromatic N) is 3. The highest BCUT2D eigenvalue weighted by atomic mass is 19.1. The summed E-state index contributed by atoms with van der Waals surface area (Å²) in [5.74, 6) is -1.41. The van der Waals surface area contributed by atoms with Gasteiger partial charge in [-0.15, -0.1) is 0 Å². The number of benzene rings is 1. The lowest BCUT2D eigenvalue weighted by Crippen LogP contribution is -2.28. The van der Waals surface area contributed by atoms with Crippen molar-refractivity contribution in [1.82, 2.24) is 9.55 Å². The van der Waals surface area contributed by atoms with Gasteiger partial charge in [-0.2, -0.15) is 0 Å². The predicted molar refractivity (Wildman–Crippen MR) is 103 cm³/mol. The summed E-state index contributed by atoms with van der Waals surface area (Å²) in [7, 11) is 0. The predicted octanol–water partition coefficient (Wildman–Crippen LogP) is 4.35. The molecule has 0 aliphatic heterocycles. The molecule has 1 aliphatic carbocycles. The topological polar surface area (TPSA) is 38.1 Å². The fraction of sp³-hybridized carbons (Fsp3) is 0.333. The number of hydrogen-bond donors (Lipinski definition) is 0. The van der Waals surface area contributed by atoms with Crippen molar-refractivity contribution in [2.24, 2.45) is 5.92 Å². The Labute approximate surface area is 160 Å². The van der Waals surface area contributed by atoms with Crippen LogP contribution in [0.3, 0.4) is 0 Å². The van der Waals surface area contributed by atoms with Crippen molar-refractivity contribution < 1.29 is 13.2 Å². The summed E-state index contributed by atoms with van der Waals surface area (Å²) in [5.41, 5.74) is 0.143. The molecule has 4 rings (SSSR count). The summed E-state index contributed by atoms with van der Waals surface area (Å²) in [6.45, 7) is 4.73. The number of aryl methyl sites for hydroxylation is 1. The van der Waals surface area contributed by atoms with Crippen molar-refractivity contribution in [1.29, 1.82) is 0 Å². The molecule has 1 fully saturated rings. The van der Waals surface area contributed by atoms with Crippen molar-refractivity contribution in [3.05, 3.63) is 63.7 Å². The quantitative estimate of drug-likeness (QED) is 0.653. The molecule has 1 aliphatic rings. The number of anilines is 1. The molecule has 1 saturated carbocycles. The Morgan fingerprint density at radius 3 is 2.57 bits per heavy atom. The van der Waals surface area contributed by atoms with Crippen LogP contribution in [0.15, 0.2) is 35.3 Å². The summed E-state index contributed by atoms with van der Waals surface area (Å²) >= 11 is 0. The maximum atomic E-state index is 14.8. The largest absolute Gasteiger partial charge is 0.354 e. The summed E-state index contributed by atoms with van der Waals surface area (Å²) in [6, 6.07) is 4.35. The molecule has 2 heterocycles. The molecule has 1 aromatic carbocycles. The third kappa shape index (κ3) is 3.25. The first-order valence-corrected chi connectivity index (χ1v) is 9.32. The monoisotopic (exact) mass is 387 g/mol. The molecule has 0 atom stereocenters. The van der Waals surface area contributed by atoms with E-state index in [9.17, 15) is 18.0 Å². The fourth-order valence-electron chi connectivity index (χ4n) is 3.41. The SMILES string of the molecule is CCN(CC1CC1)c1nc2c(cc1F)c(=O)c(C)cn2-c1ccc(F)cc1F. The lowest BCUT2D eigenvalue weighted by Gasteiger charge is -2.23. The summed E-state index contributed by atoms with van der Waals surface area (Å²) in [5, 5.41) is 0.0625. The van der Waals surface area contributed by atoms with Crippen LogP contribution < -0.4 is 10.3 Å². The number of aromatic nitrogens is 2. The van der Waals surface area contributed by atoms with Crippen LogP contribution in [0.4, 0.5) is 19.0 Å². The summed E-state index contributed by atoms with van der Waals surface area (Å²) in [6.07, 6.45) is 3.67. The van der Waals surface area contributed by atoms with Gasteiger partial charge in [0.05, 0.1) is 11.1 Å². The summed E-state index contributed by atoms with van der Waals surface area (Å²) in [4.78, 5) is 18.8. The van der Waals surface area contributed by atoms with Crippen LogP contribution in [0.25, 0.3) is 16.7 Å². The van der Waals surface area contributed by atoms with E-state index in [2.05, 4.69) is 4.98 Å². The van der Waals surface area contributed by atoms with Crippen LogP contribution in [-0.2, 0) is 0 Å². The van der Waals surface area contributed by atoms with Gasteiger partial charge in [-0.05, 0) is 50.8 Å². The number of pyridine rings is 2. The van der Waals surface area contributed by atoms with E-state index in [1.165, 1.54) is 22.9 Å². The van der Waals surface area contributed by atoms with E-state index >= 15 is 0 Å². The second-order valence-electron chi connectivity index (χ2n) is 7.25. The molecule has 0 bridgehead atoms. The van der Waals surface area contributed by atoms with Crippen molar-refractivity contribution >= 4 is 16.9 Å². The Kier molecular flexibility index (Phi) is 4.61. The average molecular weight is 387 g/mol. The number of rotatable bonds is 5. The van der Waals surface area contributed by atoms with Gasteiger partial charge >= 0.3 is 0 Å². The Bertz CT molecular complexity index is 1120. The first kappa shape index (κ1) is 18.5. The van der Waals surface area contributed by atoms with Crippen LogP contribution in [0, 0.1) is 30.3 Å². The zero-order valence-corrected chi connectivity index (χ0v) is 15.7. The van der Waals surface area contributed by atoms with Crippen molar-refractivity contribution in [3.63, 3.8) is 0 Å². The highest BCUT2D eigenvalue weighted by Crippen LogP contribution is 2.32. The van der Waals surface area contributed by atoms with Gasteiger partial charge in [0.15, 0.2) is 22.7 Å². The molecule has 0 saturated heterocycles. The van der Waals surface area contributed by atoms with Gasteiger partial charge < -0.3 is 4.90 Å². The molecule has 28 heavy (non-hydrogen) atoms. The highest BCUT2D eigenvalue weighted by molar-refractivity contribution is 5.80. The van der Waals surface area contributed by atoms with Crippen LogP contribution in [0.1, 0.15) is 25.3 Å². The standard InChI is InChI=1S/C21H20F3N3O/c1-3-26(11-13-4-5-13)21-17(24)9-15-19(28)12(2)10-27(20(15)25-21)18-7-6-14(22)8-16(18)23/h6-10,13H,3-5,11H2,1-2H3. The van der Waals surface area contributed by atoms with E-state index in [4.69, 9.17) is 0 Å². The maximum absolute atomic E-state index is 14.8. The molecular weight excluding hydrogens is 367 g/mol. The van der Waals surface area contributed by atoms with E-state index in [0.29, 0.717) is 24.6 Å². The number of fused-ring (bicyclic) bond motifs is 1. The summed E-state index contributed by atoms with van der Waals surface area (Å²) < 4.78 is 44.0. The third-order valence-corrected chi connectivity index (χ3v) is 5.12. The highest BCUT2D eigenvalue weighted by Gasteiger charge is 2.26. The van der Waals surface area contributed by atoms with E-state index in [1.807, 2.05) is 11.8 Å². The van der Waals surface area contributed by atoms with E-state index in [-0.39, 0.29) is 28.0 Å². The van der Waals surface area contributed by atoms with E-state index in [0.717, 1.165) is 25.0 Å². The molecule has 2 aromatic heterocycles. The third-order valence-electron chi connectivity index (χ3n) is 5.12. The normalized spacial score (nSPS) is 13.9. The Hall–Kier alpha value is -2.83. The second kappa shape index (κ2) is 6.96. The molecule has 0 amide bonds. The van der Waals surface area contributed by atoms with Crippen molar-refractivity contribution in [2.75, 3.05) is 18.0 Å². The first-order valence-electron chi connectivity index (χ1n) is 9.32. The number of hydrogen-bond acceptors (Lipinski definition) is 3.